The van der Waals surface area contributed by atoms with Crippen molar-refractivity contribution in [3.05, 3.63) is 65.0 Å². The van der Waals surface area contributed by atoms with Crippen molar-refractivity contribution in [3.63, 3.8) is 0 Å². The van der Waals surface area contributed by atoms with E-state index in [9.17, 15) is 19.1 Å². The Hall–Kier alpha value is -3.85. The van der Waals surface area contributed by atoms with Crippen LogP contribution >= 0.6 is 0 Å². The van der Waals surface area contributed by atoms with Gasteiger partial charge in [-0.15, -0.1) is 18.8 Å². The van der Waals surface area contributed by atoms with Gasteiger partial charge in [-0.1, -0.05) is 25.0 Å². The Labute approximate surface area is 259 Å². The quantitative estimate of drug-likeness (QED) is 0.402. The molecule has 44 heavy (non-hydrogen) atoms. The molecule has 5 rings (SSSR count). The van der Waals surface area contributed by atoms with Crippen molar-refractivity contribution in [3.8, 4) is 30.4 Å². The molecule has 3 aliphatic rings. The van der Waals surface area contributed by atoms with Crippen LogP contribution in [0.4, 0.5) is 4.39 Å². The zero-order valence-electron chi connectivity index (χ0n) is 25.4. The summed E-state index contributed by atoms with van der Waals surface area (Å²) >= 11 is 0. The van der Waals surface area contributed by atoms with Gasteiger partial charge in [-0.05, 0) is 79.8 Å². The average molecular weight is 600 g/mol. The first kappa shape index (κ1) is 31.6. The van der Waals surface area contributed by atoms with E-state index in [-0.39, 0.29) is 36.2 Å². The molecule has 2 bridgehead atoms. The smallest absolute Gasteiger partial charge is 0.226 e. The molecule has 0 radical (unpaired) electrons. The number of carbonyl (C=O) groups excluding carboxylic acids is 2. The third-order valence-electron chi connectivity index (χ3n) is 9.17. The molecule has 2 aliphatic carbocycles. The van der Waals surface area contributed by atoms with Gasteiger partial charge >= 0.3 is 0 Å². The number of ether oxygens (including phenoxy) is 1. The molecule has 2 saturated carbocycles. The predicted molar refractivity (Wildman–Crippen MR) is 167 cm³/mol. The van der Waals surface area contributed by atoms with Crippen LogP contribution in [0.1, 0.15) is 62.1 Å². The van der Waals surface area contributed by atoms with Crippen LogP contribution in [-0.2, 0) is 21.5 Å². The van der Waals surface area contributed by atoms with Crippen LogP contribution in [-0.4, -0.2) is 60.2 Å². The standard InChI is InChI=1S/C36H42FN3O4/c1-4-10-29-32-33(29)35(43)40(15-5-2)16-7-8-17-44-28-20-25(19-27(37)22-28)21-30(39-34(32)42)31(41)23-38-36(13-14-36)26-12-9-11-24(6-3)18-26/h1,3,9,11-12,18-20,22,29-33,38,41H,5,7-8,10,13-17,21,23H2,2H3,(H,39,42). The van der Waals surface area contributed by atoms with Crippen LogP contribution < -0.4 is 15.4 Å². The lowest BCUT2D eigenvalue weighted by molar-refractivity contribution is -0.135. The molecule has 2 fully saturated rings. The molecule has 8 heteroatoms. The van der Waals surface area contributed by atoms with Crippen LogP contribution in [0.25, 0.3) is 0 Å². The predicted octanol–water partition coefficient (Wildman–Crippen LogP) is 3.77. The Morgan fingerprint density at radius 2 is 2.00 bits per heavy atom. The number of amides is 2. The van der Waals surface area contributed by atoms with Crippen molar-refractivity contribution in [1.29, 1.82) is 0 Å². The van der Waals surface area contributed by atoms with E-state index in [1.165, 1.54) is 12.1 Å². The highest BCUT2D eigenvalue weighted by Gasteiger charge is 2.59. The van der Waals surface area contributed by atoms with E-state index in [0.717, 1.165) is 36.8 Å². The zero-order valence-corrected chi connectivity index (χ0v) is 25.4. The molecule has 2 amide bonds. The van der Waals surface area contributed by atoms with Gasteiger partial charge in [-0.25, -0.2) is 4.39 Å². The van der Waals surface area contributed by atoms with E-state index in [2.05, 4.69) is 22.5 Å². The second kappa shape index (κ2) is 13.8. The number of hydrogen-bond acceptors (Lipinski definition) is 5. The lowest BCUT2D eigenvalue weighted by Gasteiger charge is -2.28. The van der Waals surface area contributed by atoms with Crippen LogP contribution in [0.3, 0.4) is 0 Å². The average Bonchev–Trinajstić information content (AvgIpc) is 3.94. The Kier molecular flexibility index (Phi) is 9.93. The summed E-state index contributed by atoms with van der Waals surface area (Å²) in [6.45, 7) is 3.74. The molecule has 2 aromatic carbocycles. The molecule has 7 nitrogen and oxygen atoms in total. The van der Waals surface area contributed by atoms with E-state index >= 15 is 0 Å². The number of hydrogen-bond donors (Lipinski definition) is 3. The van der Waals surface area contributed by atoms with Crippen LogP contribution in [0, 0.1) is 48.3 Å². The normalized spacial score (nSPS) is 25.4. The lowest BCUT2D eigenvalue weighted by atomic mass is 9.98. The summed E-state index contributed by atoms with van der Waals surface area (Å²) in [5.74, 6) is 3.60. The van der Waals surface area contributed by atoms with E-state index in [1.54, 1.807) is 6.07 Å². The second-order valence-corrected chi connectivity index (χ2v) is 12.4. The summed E-state index contributed by atoms with van der Waals surface area (Å²) in [5, 5.41) is 18.0. The van der Waals surface area contributed by atoms with Crippen molar-refractivity contribution < 1.29 is 23.8 Å². The van der Waals surface area contributed by atoms with E-state index in [1.807, 2.05) is 36.1 Å². The van der Waals surface area contributed by atoms with Gasteiger partial charge in [0, 0.05) is 43.2 Å². The zero-order chi connectivity index (χ0) is 31.3. The maximum Gasteiger partial charge on any atom is 0.226 e. The number of aliphatic hydroxyl groups excluding tert-OH is 1. The molecule has 2 aromatic rings. The molecule has 0 spiro atoms. The summed E-state index contributed by atoms with van der Waals surface area (Å²) in [7, 11) is 0. The fraction of sp³-hybridized carbons (Fsp3) is 0.500. The minimum absolute atomic E-state index is 0.0452. The van der Waals surface area contributed by atoms with Gasteiger partial charge in [0.1, 0.15) is 11.6 Å². The second-order valence-electron chi connectivity index (χ2n) is 12.4. The number of fused-ring (bicyclic) bond motifs is 3. The summed E-state index contributed by atoms with van der Waals surface area (Å²) in [6, 6.07) is 11.6. The Balaban J connectivity index is 1.39. The van der Waals surface area contributed by atoms with Gasteiger partial charge in [0.2, 0.25) is 11.8 Å². The Morgan fingerprint density at radius 1 is 1.18 bits per heavy atom. The number of rotatable bonds is 8. The molecule has 0 saturated heterocycles. The highest BCUT2D eigenvalue weighted by molar-refractivity contribution is 5.93. The third-order valence-corrected chi connectivity index (χ3v) is 9.17. The van der Waals surface area contributed by atoms with Crippen molar-refractivity contribution >= 4 is 11.8 Å². The van der Waals surface area contributed by atoms with Gasteiger partial charge in [-0.2, -0.15) is 0 Å². The highest BCUT2D eigenvalue weighted by Crippen LogP contribution is 2.50. The van der Waals surface area contributed by atoms with E-state index < -0.39 is 29.8 Å². The van der Waals surface area contributed by atoms with Crippen LogP contribution in [0.2, 0.25) is 0 Å². The molecule has 1 aliphatic heterocycles. The first-order chi connectivity index (χ1) is 21.3. The maximum absolute atomic E-state index is 14.7. The number of nitrogens with zero attached hydrogens (tertiary/aromatic N) is 1. The summed E-state index contributed by atoms with van der Waals surface area (Å²) in [4.78, 5) is 29.2. The Bertz CT molecular complexity index is 1440. The Morgan fingerprint density at radius 3 is 2.73 bits per heavy atom. The molecular formula is C36H42FN3O4. The molecule has 232 valence electrons. The lowest BCUT2D eigenvalue weighted by Crippen LogP contribution is -2.51. The monoisotopic (exact) mass is 599 g/mol. The third kappa shape index (κ3) is 7.26. The molecule has 5 unspecified atom stereocenters. The molecular weight excluding hydrogens is 557 g/mol. The number of aliphatic hydroxyl groups is 1. The first-order valence-electron chi connectivity index (χ1n) is 15.7. The molecule has 3 N–H and O–H groups in total. The van der Waals surface area contributed by atoms with E-state index in [0.29, 0.717) is 43.9 Å². The van der Waals surface area contributed by atoms with Gasteiger partial charge in [0.15, 0.2) is 0 Å². The van der Waals surface area contributed by atoms with Gasteiger partial charge in [-0.3, -0.25) is 9.59 Å². The maximum atomic E-state index is 14.7. The van der Waals surface area contributed by atoms with Crippen molar-refractivity contribution in [2.45, 2.75) is 69.6 Å². The number of nitrogens with one attached hydrogen (secondary N) is 2. The summed E-state index contributed by atoms with van der Waals surface area (Å²) in [5.41, 5.74) is 2.14. The van der Waals surface area contributed by atoms with Crippen molar-refractivity contribution in [1.82, 2.24) is 15.5 Å². The number of benzene rings is 2. The van der Waals surface area contributed by atoms with Gasteiger partial charge < -0.3 is 25.4 Å². The molecule has 1 heterocycles. The van der Waals surface area contributed by atoms with Crippen molar-refractivity contribution in [2.24, 2.45) is 17.8 Å². The van der Waals surface area contributed by atoms with Crippen molar-refractivity contribution in [2.75, 3.05) is 26.2 Å². The highest BCUT2D eigenvalue weighted by atomic mass is 19.1. The SMILES string of the molecule is C#CCC1C2C(=O)NC(C(O)CNC3(c4cccc(C#C)c4)CC3)Cc3cc(F)cc(c3)OCCCCN(CCC)C(=O)C12. The number of terminal acetylenes is 2. The van der Waals surface area contributed by atoms with Gasteiger partial charge in [0.05, 0.1) is 30.6 Å². The fourth-order valence-corrected chi connectivity index (χ4v) is 6.55. The van der Waals surface area contributed by atoms with E-state index in [4.69, 9.17) is 17.6 Å². The summed E-state index contributed by atoms with van der Waals surface area (Å²) in [6.07, 6.45) is 14.7. The fourth-order valence-electron chi connectivity index (χ4n) is 6.55. The number of halogens is 1. The van der Waals surface area contributed by atoms with Crippen LogP contribution in [0.5, 0.6) is 5.75 Å². The number of carbonyl (C=O) groups is 2. The topological polar surface area (TPSA) is 90.9 Å². The first-order valence-corrected chi connectivity index (χ1v) is 15.7. The molecule has 0 aromatic heterocycles. The minimum Gasteiger partial charge on any atom is -0.493 e. The largest absolute Gasteiger partial charge is 0.493 e. The summed E-state index contributed by atoms with van der Waals surface area (Å²) < 4.78 is 20.5. The minimum atomic E-state index is -1.01. The molecule has 5 atom stereocenters. The van der Waals surface area contributed by atoms with Gasteiger partial charge in [0.25, 0.3) is 0 Å². The van der Waals surface area contributed by atoms with Crippen LogP contribution in [0.15, 0.2) is 42.5 Å².